The van der Waals surface area contributed by atoms with Crippen LogP contribution in [-0.4, -0.2) is 18.1 Å². The van der Waals surface area contributed by atoms with Crippen LogP contribution >= 0.6 is 11.6 Å². The van der Waals surface area contributed by atoms with Gasteiger partial charge in [0.2, 0.25) is 5.60 Å². The average Bonchev–Trinajstić information content (AvgIpc) is 2.46. The number of anilines is 1. The fourth-order valence-electron chi connectivity index (χ4n) is 2.20. The molecule has 0 saturated heterocycles. The quantitative estimate of drug-likeness (QED) is 0.828. The fourth-order valence-corrected chi connectivity index (χ4v) is 2.37. The highest BCUT2D eigenvalue weighted by Crippen LogP contribution is 2.50. The summed E-state index contributed by atoms with van der Waals surface area (Å²) >= 11 is 5.75. The van der Waals surface area contributed by atoms with Crippen LogP contribution in [0.1, 0.15) is 39.2 Å². The molecule has 0 saturated carbocycles. The number of rotatable bonds is 3. The molecule has 0 aromatic heterocycles. The SMILES string of the molecule is CC.CC(=O)CCC1(C(F)(F)F)OC(=O)Nc2ccc(Cl)cc21. The summed E-state index contributed by atoms with van der Waals surface area (Å²) in [5.74, 6) is -0.434. The topological polar surface area (TPSA) is 55.4 Å². The lowest BCUT2D eigenvalue weighted by molar-refractivity contribution is -0.267. The van der Waals surface area contributed by atoms with Crippen LogP contribution < -0.4 is 5.32 Å². The van der Waals surface area contributed by atoms with Crippen LogP contribution in [0.15, 0.2) is 18.2 Å². The molecule has 1 unspecified atom stereocenters. The van der Waals surface area contributed by atoms with Crippen LogP contribution in [0.25, 0.3) is 0 Å². The standard InChI is InChI=1S/C13H11ClF3NO3.C2H6/c1-7(19)4-5-12(13(15,16)17)9-6-8(14)2-3-10(9)18-11(20)21-12;1-2/h2-3,6H,4-5H2,1H3,(H,18,20);1-2H3. The van der Waals surface area contributed by atoms with Gasteiger partial charge in [0.1, 0.15) is 5.78 Å². The second kappa shape index (κ2) is 7.21. The molecule has 0 aliphatic carbocycles. The van der Waals surface area contributed by atoms with Gasteiger partial charge in [0.25, 0.3) is 0 Å². The lowest BCUT2D eigenvalue weighted by atomic mass is 9.85. The minimum Gasteiger partial charge on any atom is -0.428 e. The number of hydrogen-bond acceptors (Lipinski definition) is 3. The molecular weight excluding hydrogens is 335 g/mol. The van der Waals surface area contributed by atoms with Crippen molar-refractivity contribution >= 4 is 29.2 Å². The van der Waals surface area contributed by atoms with Crippen LogP contribution in [0.3, 0.4) is 0 Å². The Bertz CT molecular complexity index is 604. The Morgan fingerprint density at radius 1 is 1.35 bits per heavy atom. The summed E-state index contributed by atoms with van der Waals surface area (Å²) in [6.45, 7) is 5.17. The van der Waals surface area contributed by atoms with E-state index in [0.717, 1.165) is 6.07 Å². The first-order chi connectivity index (χ1) is 10.7. The minimum atomic E-state index is -4.88. The molecule has 1 aliphatic rings. The predicted octanol–water partition coefficient (Wildman–Crippen LogP) is 5.06. The zero-order valence-electron chi connectivity index (χ0n) is 12.9. The molecule has 1 N–H and O–H groups in total. The van der Waals surface area contributed by atoms with Gasteiger partial charge in [-0.3, -0.25) is 5.32 Å². The summed E-state index contributed by atoms with van der Waals surface area (Å²) in [7, 11) is 0. The van der Waals surface area contributed by atoms with Gasteiger partial charge in [-0.25, -0.2) is 4.79 Å². The number of carbonyl (C=O) groups is 2. The normalized spacial score (nSPS) is 19.7. The van der Waals surface area contributed by atoms with Gasteiger partial charge in [-0.1, -0.05) is 25.4 Å². The summed E-state index contributed by atoms with van der Waals surface area (Å²) in [6.07, 6.45) is -7.16. The van der Waals surface area contributed by atoms with Crippen molar-refractivity contribution in [3.8, 4) is 0 Å². The number of benzene rings is 1. The molecular formula is C15H17ClF3NO3. The van der Waals surface area contributed by atoms with Gasteiger partial charge in [-0.15, -0.1) is 0 Å². The number of hydrogen-bond donors (Lipinski definition) is 1. The molecule has 1 heterocycles. The van der Waals surface area contributed by atoms with Crippen molar-refractivity contribution in [3.63, 3.8) is 0 Å². The first-order valence-electron chi connectivity index (χ1n) is 7.02. The molecule has 1 aromatic rings. The van der Waals surface area contributed by atoms with Gasteiger partial charge < -0.3 is 9.53 Å². The lowest BCUT2D eigenvalue weighted by Gasteiger charge is -2.39. The first kappa shape index (κ1) is 19.3. The van der Waals surface area contributed by atoms with E-state index in [9.17, 15) is 22.8 Å². The van der Waals surface area contributed by atoms with Crippen LogP contribution in [0.4, 0.5) is 23.7 Å². The van der Waals surface area contributed by atoms with E-state index in [2.05, 4.69) is 10.1 Å². The number of fused-ring (bicyclic) bond motifs is 1. The van der Waals surface area contributed by atoms with E-state index in [4.69, 9.17) is 11.6 Å². The van der Waals surface area contributed by atoms with Crippen molar-refractivity contribution in [2.24, 2.45) is 0 Å². The Labute approximate surface area is 137 Å². The van der Waals surface area contributed by atoms with Gasteiger partial charge >= 0.3 is 12.3 Å². The molecule has 0 bridgehead atoms. The maximum absolute atomic E-state index is 13.6. The van der Waals surface area contributed by atoms with Crippen molar-refractivity contribution < 1.29 is 27.5 Å². The molecule has 0 radical (unpaired) electrons. The molecule has 4 nitrogen and oxygen atoms in total. The van der Waals surface area contributed by atoms with E-state index >= 15 is 0 Å². The fraction of sp³-hybridized carbons (Fsp3) is 0.467. The molecule has 1 aromatic carbocycles. The zero-order valence-corrected chi connectivity index (χ0v) is 13.6. The van der Waals surface area contributed by atoms with Gasteiger partial charge in [0.05, 0.1) is 5.69 Å². The van der Waals surface area contributed by atoms with E-state index in [1.165, 1.54) is 19.1 Å². The predicted molar refractivity (Wildman–Crippen MR) is 80.6 cm³/mol. The summed E-state index contributed by atoms with van der Waals surface area (Å²) in [5.41, 5.74) is -3.21. The minimum absolute atomic E-state index is 0.0310. The van der Waals surface area contributed by atoms with E-state index < -0.39 is 30.1 Å². The number of Topliss-reactive ketones (excluding diaryl/α,β-unsaturated/α-hetero) is 1. The number of ketones is 1. The molecule has 128 valence electrons. The Morgan fingerprint density at radius 2 is 1.96 bits per heavy atom. The second-order valence-electron chi connectivity index (χ2n) is 4.73. The number of amides is 1. The van der Waals surface area contributed by atoms with Crippen LogP contribution in [0.5, 0.6) is 0 Å². The van der Waals surface area contributed by atoms with Crippen molar-refractivity contribution in [2.45, 2.75) is 45.4 Å². The number of alkyl halides is 3. The maximum Gasteiger partial charge on any atom is 0.432 e. The third kappa shape index (κ3) is 3.96. The van der Waals surface area contributed by atoms with E-state index in [-0.39, 0.29) is 22.7 Å². The van der Waals surface area contributed by atoms with Crippen molar-refractivity contribution in [1.82, 2.24) is 0 Å². The highest BCUT2D eigenvalue weighted by atomic mass is 35.5. The van der Waals surface area contributed by atoms with Crippen LogP contribution in [0.2, 0.25) is 5.02 Å². The molecule has 1 amide bonds. The van der Waals surface area contributed by atoms with E-state index in [1.807, 2.05) is 13.8 Å². The van der Waals surface area contributed by atoms with Gasteiger partial charge in [0, 0.05) is 23.4 Å². The lowest BCUT2D eigenvalue weighted by Crippen LogP contribution is -2.50. The molecule has 8 heteroatoms. The average molecular weight is 352 g/mol. The number of carbonyl (C=O) groups excluding carboxylic acids is 2. The first-order valence-corrected chi connectivity index (χ1v) is 7.40. The number of halogens is 4. The Hall–Kier alpha value is -1.76. The monoisotopic (exact) mass is 351 g/mol. The summed E-state index contributed by atoms with van der Waals surface area (Å²) < 4.78 is 45.3. The van der Waals surface area contributed by atoms with Gasteiger partial charge in [-0.2, -0.15) is 13.2 Å². The van der Waals surface area contributed by atoms with Gasteiger partial charge in [-0.05, 0) is 25.1 Å². The summed E-state index contributed by atoms with van der Waals surface area (Å²) in [5, 5.41) is 2.27. The molecule has 0 fully saturated rings. The zero-order chi connectivity index (χ0) is 17.8. The molecule has 0 spiro atoms. The molecule has 2 rings (SSSR count). The van der Waals surface area contributed by atoms with E-state index in [0.29, 0.717) is 0 Å². The number of cyclic esters (lactones) is 1. The number of ether oxygens (including phenoxy) is 1. The molecule has 1 aliphatic heterocycles. The van der Waals surface area contributed by atoms with Crippen molar-refractivity contribution in [1.29, 1.82) is 0 Å². The highest BCUT2D eigenvalue weighted by Gasteiger charge is 2.61. The summed E-state index contributed by atoms with van der Waals surface area (Å²) in [4.78, 5) is 22.5. The molecule has 23 heavy (non-hydrogen) atoms. The Kier molecular flexibility index (Phi) is 6.04. The second-order valence-corrected chi connectivity index (χ2v) is 5.17. The Morgan fingerprint density at radius 3 is 2.48 bits per heavy atom. The Balaban J connectivity index is 0.00000127. The van der Waals surface area contributed by atoms with Gasteiger partial charge in [0.15, 0.2) is 0 Å². The van der Waals surface area contributed by atoms with E-state index in [1.54, 1.807) is 0 Å². The van der Waals surface area contributed by atoms with Crippen molar-refractivity contribution in [2.75, 3.05) is 5.32 Å². The number of nitrogens with one attached hydrogen (secondary N) is 1. The maximum atomic E-state index is 13.6. The third-order valence-corrected chi connectivity index (χ3v) is 3.44. The largest absolute Gasteiger partial charge is 0.432 e. The van der Waals surface area contributed by atoms with Crippen molar-refractivity contribution in [3.05, 3.63) is 28.8 Å². The summed E-state index contributed by atoms with van der Waals surface area (Å²) in [6, 6.07) is 3.72. The van der Waals surface area contributed by atoms with Crippen LogP contribution in [0, 0.1) is 0 Å². The third-order valence-electron chi connectivity index (χ3n) is 3.21. The van der Waals surface area contributed by atoms with Crippen LogP contribution in [-0.2, 0) is 15.1 Å². The highest BCUT2D eigenvalue weighted by molar-refractivity contribution is 6.30. The smallest absolute Gasteiger partial charge is 0.428 e. The molecule has 1 atom stereocenters.